The molecule has 0 N–H and O–H groups in total. The molecule has 1 aliphatic carbocycles. The Labute approximate surface area is 91.7 Å². The quantitative estimate of drug-likeness (QED) is 0.499. The maximum Gasteiger partial charge on any atom is 0.401 e. The van der Waals surface area contributed by atoms with E-state index in [1.165, 1.54) is 6.08 Å². The van der Waals surface area contributed by atoms with Gasteiger partial charge >= 0.3 is 6.18 Å². The Morgan fingerprint density at radius 1 is 1.50 bits per heavy atom. The maximum atomic E-state index is 12.7. The third kappa shape index (κ3) is 2.73. The molecule has 0 bridgehead atoms. The zero-order valence-electron chi connectivity index (χ0n) is 6.78. The summed E-state index contributed by atoms with van der Waals surface area (Å²) in [6.45, 7) is 0. The fraction of sp³-hybridized carbons (Fsp3) is 0.500. The van der Waals surface area contributed by atoms with Crippen molar-refractivity contribution in [3.63, 3.8) is 0 Å². The van der Waals surface area contributed by atoms with Crippen LogP contribution in [0.1, 0.15) is 6.42 Å². The van der Waals surface area contributed by atoms with Gasteiger partial charge in [0.05, 0.1) is 5.03 Å². The molecule has 1 rings (SSSR count). The summed E-state index contributed by atoms with van der Waals surface area (Å²) in [6, 6.07) is 0. The van der Waals surface area contributed by atoms with Gasteiger partial charge in [0, 0.05) is 5.92 Å². The SMILES string of the molecule is FC1=C(Cl)CC(C(Br)C(F)(F)F)C=C1. The molecule has 14 heavy (non-hydrogen) atoms. The maximum absolute atomic E-state index is 12.7. The van der Waals surface area contributed by atoms with Gasteiger partial charge in [-0.2, -0.15) is 13.2 Å². The molecule has 0 aromatic rings. The smallest absolute Gasteiger partial charge is 0.206 e. The highest BCUT2D eigenvalue weighted by molar-refractivity contribution is 9.09. The Morgan fingerprint density at radius 2 is 2.07 bits per heavy atom. The topological polar surface area (TPSA) is 0 Å². The fourth-order valence-electron chi connectivity index (χ4n) is 1.11. The van der Waals surface area contributed by atoms with Crippen molar-refractivity contribution in [3.8, 4) is 0 Å². The van der Waals surface area contributed by atoms with Gasteiger partial charge in [0.15, 0.2) is 0 Å². The minimum Gasteiger partial charge on any atom is -0.206 e. The van der Waals surface area contributed by atoms with E-state index in [1.54, 1.807) is 0 Å². The Morgan fingerprint density at radius 3 is 2.50 bits per heavy atom. The molecule has 2 atom stereocenters. The number of alkyl halides is 4. The third-order valence-electron chi connectivity index (χ3n) is 1.85. The molecule has 0 aromatic heterocycles. The Bertz CT molecular complexity index is 282. The first-order valence-electron chi connectivity index (χ1n) is 3.75. The fourth-order valence-corrected chi connectivity index (χ4v) is 1.72. The Balaban J connectivity index is 2.73. The molecule has 0 nitrogen and oxygen atoms in total. The van der Waals surface area contributed by atoms with Crippen LogP contribution >= 0.6 is 27.5 Å². The average molecular weight is 293 g/mol. The highest BCUT2D eigenvalue weighted by Crippen LogP contribution is 2.39. The van der Waals surface area contributed by atoms with Gasteiger partial charge in [-0.25, -0.2) is 4.39 Å². The molecule has 0 aliphatic heterocycles. The number of hydrogen-bond donors (Lipinski definition) is 0. The van der Waals surface area contributed by atoms with Crippen LogP contribution in [-0.4, -0.2) is 11.0 Å². The van der Waals surface area contributed by atoms with Crippen LogP contribution in [0.4, 0.5) is 17.6 Å². The summed E-state index contributed by atoms with van der Waals surface area (Å²) in [5.41, 5.74) is 0. The molecule has 0 amide bonds. The lowest BCUT2D eigenvalue weighted by Crippen LogP contribution is -2.30. The number of hydrogen-bond acceptors (Lipinski definition) is 0. The molecule has 6 heteroatoms. The summed E-state index contributed by atoms with van der Waals surface area (Å²) in [5.74, 6) is -1.51. The molecule has 80 valence electrons. The lowest BCUT2D eigenvalue weighted by Gasteiger charge is -2.23. The van der Waals surface area contributed by atoms with Gasteiger partial charge in [0.25, 0.3) is 0 Å². The van der Waals surface area contributed by atoms with E-state index < -0.39 is 22.7 Å². The van der Waals surface area contributed by atoms with Gasteiger partial charge in [-0.15, -0.1) is 0 Å². The minimum absolute atomic E-state index is 0.126. The summed E-state index contributed by atoms with van der Waals surface area (Å²) in [6.07, 6.45) is -2.33. The normalized spacial score (nSPS) is 25.4. The first-order valence-corrected chi connectivity index (χ1v) is 5.05. The lowest BCUT2D eigenvalue weighted by atomic mass is 9.96. The molecule has 0 fully saturated rings. The first-order chi connectivity index (χ1) is 6.32. The highest BCUT2D eigenvalue weighted by atomic mass is 79.9. The van der Waals surface area contributed by atoms with Crippen molar-refractivity contribution < 1.29 is 17.6 Å². The molecule has 1 aliphatic rings. The third-order valence-corrected chi connectivity index (χ3v) is 3.39. The molecular weight excluding hydrogens is 287 g/mol. The summed E-state index contributed by atoms with van der Waals surface area (Å²) in [5, 5.41) is -0.161. The average Bonchev–Trinajstić information content (AvgIpc) is 2.07. The number of rotatable bonds is 1. The van der Waals surface area contributed by atoms with E-state index in [9.17, 15) is 17.6 Å². The van der Waals surface area contributed by atoms with Crippen LogP contribution in [0.2, 0.25) is 0 Å². The second kappa shape index (κ2) is 4.23. The van der Waals surface area contributed by atoms with E-state index in [-0.39, 0.29) is 11.5 Å². The molecule has 0 saturated carbocycles. The molecule has 0 aromatic carbocycles. The molecule has 0 saturated heterocycles. The van der Waals surface area contributed by atoms with Crippen molar-refractivity contribution in [1.82, 2.24) is 0 Å². The van der Waals surface area contributed by atoms with Crippen molar-refractivity contribution in [2.24, 2.45) is 5.92 Å². The van der Waals surface area contributed by atoms with Crippen molar-refractivity contribution in [1.29, 1.82) is 0 Å². The monoisotopic (exact) mass is 292 g/mol. The molecule has 2 unspecified atom stereocenters. The van der Waals surface area contributed by atoms with Crippen molar-refractivity contribution in [2.45, 2.75) is 17.4 Å². The molecule has 0 spiro atoms. The van der Waals surface area contributed by atoms with Gasteiger partial charge in [-0.1, -0.05) is 33.6 Å². The number of allylic oxidation sites excluding steroid dienone is 4. The van der Waals surface area contributed by atoms with Gasteiger partial charge in [0.1, 0.15) is 10.7 Å². The van der Waals surface area contributed by atoms with Crippen LogP contribution in [0.3, 0.4) is 0 Å². The van der Waals surface area contributed by atoms with Crippen LogP contribution in [0, 0.1) is 5.92 Å². The van der Waals surface area contributed by atoms with Gasteiger partial charge < -0.3 is 0 Å². The van der Waals surface area contributed by atoms with Gasteiger partial charge in [0.2, 0.25) is 0 Å². The van der Waals surface area contributed by atoms with Gasteiger partial charge in [-0.3, -0.25) is 0 Å². The molecule has 0 heterocycles. The van der Waals surface area contributed by atoms with Crippen LogP contribution in [0.5, 0.6) is 0 Å². The van der Waals surface area contributed by atoms with E-state index in [1.807, 2.05) is 0 Å². The summed E-state index contributed by atoms with van der Waals surface area (Å²) in [4.78, 5) is -1.69. The van der Waals surface area contributed by atoms with Crippen LogP contribution in [0.25, 0.3) is 0 Å². The van der Waals surface area contributed by atoms with E-state index in [2.05, 4.69) is 15.9 Å². The standard InChI is InChI=1S/C8H6BrClF4/c9-7(8(12,13)14)4-1-2-6(11)5(10)3-4/h1-2,4,7H,3H2. The summed E-state index contributed by atoms with van der Waals surface area (Å²) < 4.78 is 49.3. The second-order valence-electron chi connectivity index (χ2n) is 2.92. The lowest BCUT2D eigenvalue weighted by molar-refractivity contribution is -0.133. The Kier molecular flexibility index (Phi) is 3.63. The van der Waals surface area contributed by atoms with E-state index in [0.717, 1.165) is 6.08 Å². The first kappa shape index (κ1) is 12.0. The largest absolute Gasteiger partial charge is 0.401 e. The summed E-state index contributed by atoms with van der Waals surface area (Å²) in [7, 11) is 0. The van der Waals surface area contributed by atoms with Gasteiger partial charge in [-0.05, 0) is 12.5 Å². The number of halogens is 6. The molecular formula is C8H6BrClF4. The van der Waals surface area contributed by atoms with E-state index in [4.69, 9.17) is 11.6 Å². The van der Waals surface area contributed by atoms with Crippen LogP contribution in [0.15, 0.2) is 23.0 Å². The predicted octanol–water partition coefficient (Wildman–Crippen LogP) is 4.31. The van der Waals surface area contributed by atoms with Crippen molar-refractivity contribution in [2.75, 3.05) is 0 Å². The minimum atomic E-state index is -4.35. The van der Waals surface area contributed by atoms with Crippen LogP contribution in [-0.2, 0) is 0 Å². The Hall–Kier alpha value is -0.0300. The van der Waals surface area contributed by atoms with Crippen LogP contribution < -0.4 is 0 Å². The molecule has 0 radical (unpaired) electrons. The van der Waals surface area contributed by atoms with E-state index >= 15 is 0 Å². The zero-order valence-corrected chi connectivity index (χ0v) is 9.13. The van der Waals surface area contributed by atoms with Crippen molar-refractivity contribution in [3.05, 3.63) is 23.0 Å². The van der Waals surface area contributed by atoms with E-state index in [0.29, 0.717) is 0 Å². The highest BCUT2D eigenvalue weighted by Gasteiger charge is 2.42. The summed E-state index contributed by atoms with van der Waals surface area (Å²) >= 11 is 7.95. The van der Waals surface area contributed by atoms with Crippen molar-refractivity contribution >= 4 is 27.5 Å². The zero-order chi connectivity index (χ0) is 10.9. The second-order valence-corrected chi connectivity index (χ2v) is 4.37. The predicted molar refractivity (Wildman–Crippen MR) is 50.0 cm³/mol.